The van der Waals surface area contributed by atoms with Crippen LogP contribution in [0.15, 0.2) is 0 Å². The van der Waals surface area contributed by atoms with E-state index in [1.807, 2.05) is 0 Å². The van der Waals surface area contributed by atoms with E-state index in [1.165, 1.54) is 19.3 Å². The van der Waals surface area contributed by atoms with Crippen LogP contribution in [-0.4, -0.2) is 18.6 Å². The molecule has 0 amide bonds. The van der Waals surface area contributed by atoms with Gasteiger partial charge in [0, 0.05) is 12.1 Å². The highest BCUT2D eigenvalue weighted by atomic mass is 15.0. The van der Waals surface area contributed by atoms with E-state index in [-0.39, 0.29) is 5.54 Å². The maximum atomic E-state index is 5.98. The Hall–Kier alpha value is -0.0800. The molecule has 0 rings (SSSR count). The van der Waals surface area contributed by atoms with Crippen molar-refractivity contribution in [3.63, 3.8) is 0 Å². The molecule has 0 fully saturated rings. The molecule has 0 aromatic carbocycles. The molecule has 0 aliphatic rings. The molecule has 92 valence electrons. The monoisotopic (exact) mass is 214 g/mol. The first-order valence-electron chi connectivity index (χ1n) is 6.41. The highest BCUT2D eigenvalue weighted by Crippen LogP contribution is 2.24. The molecule has 0 aliphatic carbocycles. The lowest BCUT2D eigenvalue weighted by atomic mass is 9.81. The van der Waals surface area contributed by atoms with E-state index >= 15 is 0 Å². The average molecular weight is 214 g/mol. The first-order valence-corrected chi connectivity index (χ1v) is 6.41. The maximum Gasteiger partial charge on any atom is 0.0308 e. The van der Waals surface area contributed by atoms with Crippen LogP contribution in [0, 0.1) is 11.8 Å². The molecule has 0 aromatic heterocycles. The Morgan fingerprint density at radius 3 is 1.80 bits per heavy atom. The van der Waals surface area contributed by atoms with Crippen LogP contribution in [0.5, 0.6) is 0 Å². The fourth-order valence-corrected chi connectivity index (χ4v) is 2.42. The molecule has 0 atom stereocenters. The summed E-state index contributed by atoms with van der Waals surface area (Å²) in [5.41, 5.74) is 6.15. The fourth-order valence-electron chi connectivity index (χ4n) is 2.42. The van der Waals surface area contributed by atoms with Crippen molar-refractivity contribution in [2.24, 2.45) is 17.6 Å². The standard InChI is InChI=1S/C13H30N2/c1-6-7-15-13(10-14,8-11(2)3)9-12(4)5/h11-12,15H,6-10,14H2,1-5H3. The lowest BCUT2D eigenvalue weighted by Crippen LogP contribution is -2.53. The van der Waals surface area contributed by atoms with Gasteiger partial charge in [-0.1, -0.05) is 34.6 Å². The van der Waals surface area contributed by atoms with Crippen LogP contribution in [0.4, 0.5) is 0 Å². The second-order valence-electron chi connectivity index (χ2n) is 5.61. The van der Waals surface area contributed by atoms with Crippen LogP contribution in [0.25, 0.3) is 0 Å². The number of nitrogens with two attached hydrogens (primary N) is 1. The fraction of sp³-hybridized carbons (Fsp3) is 1.00. The summed E-state index contributed by atoms with van der Waals surface area (Å²) in [5.74, 6) is 1.41. The first kappa shape index (κ1) is 14.9. The van der Waals surface area contributed by atoms with Gasteiger partial charge in [0.25, 0.3) is 0 Å². The molecule has 2 nitrogen and oxygen atoms in total. The molecule has 0 saturated carbocycles. The van der Waals surface area contributed by atoms with Crippen LogP contribution in [0.3, 0.4) is 0 Å². The highest BCUT2D eigenvalue weighted by molar-refractivity contribution is 4.90. The summed E-state index contributed by atoms with van der Waals surface area (Å²) in [5, 5.41) is 3.67. The lowest BCUT2D eigenvalue weighted by molar-refractivity contribution is 0.230. The Labute approximate surface area is 96.0 Å². The molecule has 15 heavy (non-hydrogen) atoms. The van der Waals surface area contributed by atoms with Gasteiger partial charge in [-0.2, -0.15) is 0 Å². The van der Waals surface area contributed by atoms with E-state index in [2.05, 4.69) is 39.9 Å². The molecule has 0 saturated heterocycles. The number of nitrogens with one attached hydrogen (secondary N) is 1. The molecule has 0 bridgehead atoms. The normalized spacial score (nSPS) is 12.8. The zero-order valence-corrected chi connectivity index (χ0v) is 11.3. The Morgan fingerprint density at radius 2 is 1.53 bits per heavy atom. The maximum absolute atomic E-state index is 5.98. The van der Waals surface area contributed by atoms with E-state index in [0.717, 1.165) is 13.1 Å². The summed E-state index contributed by atoms with van der Waals surface area (Å²) in [4.78, 5) is 0. The minimum absolute atomic E-state index is 0.165. The molecule has 2 heteroatoms. The molecule has 0 heterocycles. The lowest BCUT2D eigenvalue weighted by Gasteiger charge is -2.37. The Bertz CT molecular complexity index is 143. The van der Waals surface area contributed by atoms with E-state index < -0.39 is 0 Å². The zero-order valence-electron chi connectivity index (χ0n) is 11.3. The van der Waals surface area contributed by atoms with E-state index in [1.54, 1.807) is 0 Å². The minimum atomic E-state index is 0.165. The van der Waals surface area contributed by atoms with Crippen molar-refractivity contribution in [1.82, 2.24) is 5.32 Å². The largest absolute Gasteiger partial charge is 0.329 e. The van der Waals surface area contributed by atoms with Crippen LogP contribution in [0.2, 0.25) is 0 Å². The van der Waals surface area contributed by atoms with Gasteiger partial charge in [-0.05, 0) is 37.6 Å². The minimum Gasteiger partial charge on any atom is -0.329 e. The predicted molar refractivity (Wildman–Crippen MR) is 69.0 cm³/mol. The molecular formula is C13H30N2. The molecule has 0 aromatic rings. The van der Waals surface area contributed by atoms with Crippen LogP contribution >= 0.6 is 0 Å². The van der Waals surface area contributed by atoms with Gasteiger partial charge >= 0.3 is 0 Å². The van der Waals surface area contributed by atoms with Crippen molar-refractivity contribution in [2.45, 2.75) is 59.4 Å². The molecule has 3 N–H and O–H groups in total. The first-order chi connectivity index (χ1) is 6.95. The Balaban J connectivity index is 4.44. The van der Waals surface area contributed by atoms with Gasteiger partial charge in [0.05, 0.1) is 0 Å². The van der Waals surface area contributed by atoms with Gasteiger partial charge < -0.3 is 11.1 Å². The second kappa shape index (κ2) is 7.24. The average Bonchev–Trinajstić information content (AvgIpc) is 2.12. The van der Waals surface area contributed by atoms with Crippen molar-refractivity contribution in [2.75, 3.05) is 13.1 Å². The summed E-state index contributed by atoms with van der Waals surface area (Å²) in [6.45, 7) is 13.1. The Morgan fingerprint density at radius 1 is 1.07 bits per heavy atom. The second-order valence-corrected chi connectivity index (χ2v) is 5.61. The smallest absolute Gasteiger partial charge is 0.0308 e. The molecular weight excluding hydrogens is 184 g/mol. The molecule has 0 aliphatic heterocycles. The summed E-state index contributed by atoms with van der Waals surface area (Å²) >= 11 is 0. The van der Waals surface area contributed by atoms with Gasteiger partial charge in [-0.3, -0.25) is 0 Å². The SMILES string of the molecule is CCCNC(CN)(CC(C)C)CC(C)C. The highest BCUT2D eigenvalue weighted by Gasteiger charge is 2.29. The molecule has 0 unspecified atom stereocenters. The summed E-state index contributed by atoms with van der Waals surface area (Å²) in [7, 11) is 0. The number of hydrogen-bond donors (Lipinski definition) is 2. The third-order valence-electron chi connectivity index (χ3n) is 2.74. The predicted octanol–water partition coefficient (Wildman–Crippen LogP) is 2.78. The number of rotatable bonds is 8. The van der Waals surface area contributed by atoms with Crippen molar-refractivity contribution < 1.29 is 0 Å². The molecule has 0 radical (unpaired) electrons. The van der Waals surface area contributed by atoms with E-state index in [0.29, 0.717) is 11.8 Å². The Kier molecular flexibility index (Phi) is 7.20. The zero-order chi connectivity index (χ0) is 11.9. The van der Waals surface area contributed by atoms with Gasteiger partial charge in [0.2, 0.25) is 0 Å². The third-order valence-corrected chi connectivity index (χ3v) is 2.74. The van der Waals surface area contributed by atoms with Gasteiger partial charge in [-0.15, -0.1) is 0 Å². The van der Waals surface area contributed by atoms with Crippen molar-refractivity contribution in [3.05, 3.63) is 0 Å². The van der Waals surface area contributed by atoms with E-state index in [9.17, 15) is 0 Å². The van der Waals surface area contributed by atoms with Crippen molar-refractivity contribution >= 4 is 0 Å². The quantitative estimate of drug-likeness (QED) is 0.652. The van der Waals surface area contributed by atoms with E-state index in [4.69, 9.17) is 5.73 Å². The van der Waals surface area contributed by atoms with Crippen LogP contribution in [0.1, 0.15) is 53.9 Å². The van der Waals surface area contributed by atoms with Gasteiger partial charge in [0.1, 0.15) is 0 Å². The van der Waals surface area contributed by atoms with Crippen molar-refractivity contribution in [3.8, 4) is 0 Å². The van der Waals surface area contributed by atoms with Crippen LogP contribution < -0.4 is 11.1 Å². The summed E-state index contributed by atoms with van der Waals surface area (Å²) in [6.07, 6.45) is 3.54. The van der Waals surface area contributed by atoms with Gasteiger partial charge in [0.15, 0.2) is 0 Å². The topological polar surface area (TPSA) is 38.0 Å². The van der Waals surface area contributed by atoms with Gasteiger partial charge in [-0.25, -0.2) is 0 Å². The van der Waals surface area contributed by atoms with Crippen molar-refractivity contribution in [1.29, 1.82) is 0 Å². The summed E-state index contributed by atoms with van der Waals surface area (Å²) in [6, 6.07) is 0. The summed E-state index contributed by atoms with van der Waals surface area (Å²) < 4.78 is 0. The third kappa shape index (κ3) is 6.16. The van der Waals surface area contributed by atoms with Crippen LogP contribution in [-0.2, 0) is 0 Å². The number of hydrogen-bond acceptors (Lipinski definition) is 2. The molecule has 0 spiro atoms.